The minimum Gasteiger partial charge on any atom is -0.369 e. The van der Waals surface area contributed by atoms with Crippen molar-refractivity contribution in [2.45, 2.75) is 33.2 Å². The molecular weight excluding hydrogens is 368 g/mol. The average Bonchev–Trinajstić information content (AvgIpc) is 2.98. The van der Waals surface area contributed by atoms with Gasteiger partial charge >= 0.3 is 0 Å². The number of nitrogens with one attached hydrogen (secondary N) is 3. The first kappa shape index (κ1) is 20.1. The molecule has 0 aliphatic carbocycles. The largest absolute Gasteiger partial charge is 0.369 e. The van der Waals surface area contributed by atoms with Crippen LogP contribution in [0.3, 0.4) is 0 Å². The van der Waals surface area contributed by atoms with Crippen LogP contribution in [0, 0.1) is 20.8 Å². The molecule has 1 atom stereocenters. The summed E-state index contributed by atoms with van der Waals surface area (Å²) in [5, 5.41) is 8.30. The number of nitrogens with two attached hydrogens (primary N) is 1. The van der Waals surface area contributed by atoms with Crippen LogP contribution in [0.5, 0.6) is 0 Å². The number of hydrogen-bond acceptors (Lipinski definition) is 4. The van der Waals surface area contributed by atoms with Crippen molar-refractivity contribution in [1.29, 1.82) is 0 Å². The predicted octanol–water partition coefficient (Wildman–Crippen LogP) is 2.22. The molecule has 8 heteroatoms. The Balaban J connectivity index is 1.62. The first-order chi connectivity index (χ1) is 13.8. The molecule has 0 saturated heterocycles. The standard InChI is InChI=1S/C21H24N6O2/c1-12-8-9-15(10-14(12)3)23-18(28)11-17-19(29)26-21(25-17)27-20(22)24-16-7-5-4-6-13(16)2/h4-10,17H,11H2,1-3H3,(H,23,28)(H4,22,24,25,26,27,29). The number of carbonyl (C=O) groups excluding carboxylic acids is 2. The highest BCUT2D eigenvalue weighted by molar-refractivity contribution is 6.11. The maximum absolute atomic E-state index is 12.3. The Morgan fingerprint density at radius 1 is 1.10 bits per heavy atom. The molecule has 0 aromatic heterocycles. The van der Waals surface area contributed by atoms with Crippen LogP contribution in [-0.4, -0.2) is 29.8 Å². The zero-order valence-electron chi connectivity index (χ0n) is 16.6. The Hall–Kier alpha value is -3.68. The molecule has 2 aromatic rings. The minimum absolute atomic E-state index is 0.0805. The lowest BCUT2D eigenvalue weighted by Gasteiger charge is -2.08. The van der Waals surface area contributed by atoms with Crippen molar-refractivity contribution in [3.8, 4) is 0 Å². The number of para-hydroxylation sites is 1. The van der Waals surface area contributed by atoms with E-state index in [9.17, 15) is 9.59 Å². The van der Waals surface area contributed by atoms with Crippen molar-refractivity contribution in [3.63, 3.8) is 0 Å². The van der Waals surface area contributed by atoms with Crippen molar-refractivity contribution >= 4 is 35.1 Å². The van der Waals surface area contributed by atoms with E-state index in [1.165, 1.54) is 0 Å². The van der Waals surface area contributed by atoms with Crippen LogP contribution in [0.25, 0.3) is 0 Å². The van der Waals surface area contributed by atoms with Crippen LogP contribution in [0.15, 0.2) is 52.4 Å². The maximum atomic E-state index is 12.3. The number of rotatable bonds is 4. The number of guanidine groups is 2. The molecule has 5 N–H and O–H groups in total. The van der Waals surface area contributed by atoms with Gasteiger partial charge in [-0.3, -0.25) is 14.9 Å². The second-order valence-corrected chi connectivity index (χ2v) is 6.95. The monoisotopic (exact) mass is 392 g/mol. The van der Waals surface area contributed by atoms with Crippen LogP contribution in [0.1, 0.15) is 23.1 Å². The number of nitrogens with zero attached hydrogens (tertiary/aromatic N) is 2. The third-order valence-electron chi connectivity index (χ3n) is 4.62. The molecule has 0 spiro atoms. The van der Waals surface area contributed by atoms with Crippen molar-refractivity contribution < 1.29 is 9.59 Å². The number of aliphatic imine (C=N–C) groups is 2. The van der Waals surface area contributed by atoms with Gasteiger partial charge in [0.05, 0.1) is 6.42 Å². The van der Waals surface area contributed by atoms with E-state index in [4.69, 9.17) is 5.73 Å². The molecule has 8 nitrogen and oxygen atoms in total. The lowest BCUT2D eigenvalue weighted by atomic mass is 10.1. The Morgan fingerprint density at radius 3 is 2.59 bits per heavy atom. The van der Waals surface area contributed by atoms with Crippen molar-refractivity contribution in [2.75, 3.05) is 10.6 Å². The third-order valence-corrected chi connectivity index (χ3v) is 4.62. The quantitative estimate of drug-likeness (QED) is 0.471. The van der Waals surface area contributed by atoms with E-state index >= 15 is 0 Å². The zero-order valence-corrected chi connectivity index (χ0v) is 16.6. The second kappa shape index (κ2) is 8.55. The molecule has 29 heavy (non-hydrogen) atoms. The second-order valence-electron chi connectivity index (χ2n) is 6.95. The first-order valence-corrected chi connectivity index (χ1v) is 9.24. The van der Waals surface area contributed by atoms with Gasteiger partial charge in [-0.1, -0.05) is 24.3 Å². The summed E-state index contributed by atoms with van der Waals surface area (Å²) in [7, 11) is 0. The average molecular weight is 392 g/mol. The molecule has 2 aromatic carbocycles. The molecule has 1 heterocycles. The fourth-order valence-electron chi connectivity index (χ4n) is 2.83. The van der Waals surface area contributed by atoms with Gasteiger partial charge in [0, 0.05) is 11.4 Å². The predicted molar refractivity (Wildman–Crippen MR) is 115 cm³/mol. The molecule has 0 radical (unpaired) electrons. The molecule has 3 rings (SSSR count). The fraction of sp³-hybridized carbons (Fsp3) is 0.238. The van der Waals surface area contributed by atoms with Crippen molar-refractivity contribution in [3.05, 3.63) is 59.2 Å². The van der Waals surface area contributed by atoms with Gasteiger partial charge in [0.1, 0.15) is 6.04 Å². The van der Waals surface area contributed by atoms with Gasteiger partial charge in [0.25, 0.3) is 5.91 Å². The summed E-state index contributed by atoms with van der Waals surface area (Å²) in [6, 6.07) is 12.4. The summed E-state index contributed by atoms with van der Waals surface area (Å²) in [4.78, 5) is 32.7. The highest BCUT2D eigenvalue weighted by atomic mass is 16.2. The van der Waals surface area contributed by atoms with E-state index in [0.29, 0.717) is 5.69 Å². The lowest BCUT2D eigenvalue weighted by molar-refractivity contribution is -0.123. The number of aryl methyl sites for hydroxylation is 3. The molecule has 0 bridgehead atoms. The van der Waals surface area contributed by atoms with Gasteiger partial charge in [-0.25, -0.2) is 4.99 Å². The van der Waals surface area contributed by atoms with Crippen molar-refractivity contribution in [2.24, 2.45) is 15.7 Å². The Bertz CT molecular complexity index is 1010. The topological polar surface area (TPSA) is 121 Å². The van der Waals surface area contributed by atoms with E-state index in [2.05, 4.69) is 25.9 Å². The smallest absolute Gasteiger partial charge is 0.252 e. The third kappa shape index (κ3) is 5.19. The van der Waals surface area contributed by atoms with E-state index in [0.717, 1.165) is 22.4 Å². The Morgan fingerprint density at radius 2 is 1.86 bits per heavy atom. The summed E-state index contributed by atoms with van der Waals surface area (Å²) in [5.41, 5.74) is 10.6. The van der Waals surface area contributed by atoms with Crippen LogP contribution in [-0.2, 0) is 9.59 Å². The number of benzene rings is 2. The Labute approximate surface area is 169 Å². The van der Waals surface area contributed by atoms with E-state index < -0.39 is 6.04 Å². The zero-order chi connectivity index (χ0) is 21.0. The molecule has 1 aliphatic heterocycles. The maximum Gasteiger partial charge on any atom is 0.252 e. The van der Waals surface area contributed by atoms with Gasteiger partial charge < -0.3 is 16.4 Å². The summed E-state index contributed by atoms with van der Waals surface area (Å²) in [6.07, 6.45) is -0.0805. The number of anilines is 2. The summed E-state index contributed by atoms with van der Waals surface area (Å²) in [5.74, 6) is -0.507. The van der Waals surface area contributed by atoms with E-state index in [-0.39, 0.29) is 30.2 Å². The number of hydrogen-bond donors (Lipinski definition) is 4. The van der Waals surface area contributed by atoms with Gasteiger partial charge in [0.15, 0.2) is 0 Å². The van der Waals surface area contributed by atoms with Crippen LogP contribution in [0.2, 0.25) is 0 Å². The first-order valence-electron chi connectivity index (χ1n) is 9.24. The molecule has 2 amide bonds. The highest BCUT2D eigenvalue weighted by Crippen LogP contribution is 2.16. The van der Waals surface area contributed by atoms with Gasteiger partial charge in [-0.05, 0) is 55.7 Å². The molecule has 0 fully saturated rings. The molecule has 150 valence electrons. The van der Waals surface area contributed by atoms with Crippen LogP contribution < -0.4 is 21.7 Å². The van der Waals surface area contributed by atoms with E-state index in [1.807, 2.05) is 63.2 Å². The molecule has 1 unspecified atom stereocenters. The summed E-state index contributed by atoms with van der Waals surface area (Å²) in [6.45, 7) is 5.91. The molecular formula is C21H24N6O2. The highest BCUT2D eigenvalue weighted by Gasteiger charge is 2.28. The van der Waals surface area contributed by atoms with Crippen LogP contribution in [0.4, 0.5) is 11.4 Å². The molecule has 0 saturated carbocycles. The Kier molecular flexibility index (Phi) is 5.92. The number of amides is 2. The summed E-state index contributed by atoms with van der Waals surface area (Å²) >= 11 is 0. The fourth-order valence-corrected chi connectivity index (χ4v) is 2.83. The van der Waals surface area contributed by atoms with E-state index in [1.54, 1.807) is 0 Å². The molecule has 1 aliphatic rings. The van der Waals surface area contributed by atoms with Gasteiger partial charge in [-0.2, -0.15) is 4.99 Å². The summed E-state index contributed by atoms with van der Waals surface area (Å²) < 4.78 is 0. The lowest BCUT2D eigenvalue weighted by Crippen LogP contribution is -2.32. The minimum atomic E-state index is -0.841. The van der Waals surface area contributed by atoms with Gasteiger partial charge in [-0.15, -0.1) is 0 Å². The van der Waals surface area contributed by atoms with Crippen LogP contribution >= 0.6 is 0 Å². The van der Waals surface area contributed by atoms with Gasteiger partial charge in [0.2, 0.25) is 17.8 Å². The van der Waals surface area contributed by atoms with Crippen molar-refractivity contribution in [1.82, 2.24) is 5.32 Å². The SMILES string of the molecule is Cc1ccc(NC(=O)CC2N=C(/N=C(\N)Nc3ccccc3C)NC2=O)cc1C. The normalized spacial score (nSPS) is 16.2. The number of carbonyl (C=O) groups is 2.